The van der Waals surface area contributed by atoms with E-state index in [-0.39, 0.29) is 0 Å². The van der Waals surface area contributed by atoms with Crippen LogP contribution >= 0.6 is 35.1 Å². The third-order valence-electron chi connectivity index (χ3n) is 3.68. The van der Waals surface area contributed by atoms with Crippen LogP contribution < -0.4 is 11.2 Å². The SMILES string of the molecule is O=c1ccn([C@@H]2O[C@H](COP(=O)(O)OP(=O)(O)OP(=O)(O)O)[C@H](O)C2(Cl)CF)c(=O)[nH]1. The number of halogens is 2. The lowest BCUT2D eigenvalue weighted by Crippen LogP contribution is -2.46. The number of aliphatic hydroxyl groups is 1. The zero-order chi connectivity index (χ0) is 23.8. The molecule has 0 spiro atoms. The standard InChI is InChI=1S/C10H15ClFN2O14P3/c11-10(4-12)7(16)5(26-8(10)14-2-1-6(15)13-9(14)17)3-25-30(21,22)28-31(23,24)27-29(18,19)20/h1-2,5,7-8,16H,3-4H2,(H,21,22)(H,23,24)(H,13,15,17)(H2,18,19,20)/t5-,7+,8-,10?/m1/s1. The van der Waals surface area contributed by atoms with Crippen molar-refractivity contribution in [3.05, 3.63) is 33.1 Å². The van der Waals surface area contributed by atoms with Crippen LogP contribution in [0.1, 0.15) is 6.23 Å². The molecule has 1 saturated heterocycles. The smallest absolute Gasteiger partial charge is 0.388 e. The summed E-state index contributed by atoms with van der Waals surface area (Å²) in [4.78, 5) is 58.1. The van der Waals surface area contributed by atoms with Crippen molar-refractivity contribution in [3.8, 4) is 0 Å². The fourth-order valence-corrected chi connectivity index (χ4v) is 5.79. The Labute approximate surface area is 175 Å². The Morgan fingerprint density at radius 1 is 1.19 bits per heavy atom. The Morgan fingerprint density at radius 3 is 2.32 bits per heavy atom. The quantitative estimate of drug-likeness (QED) is 0.166. The Balaban J connectivity index is 2.18. The van der Waals surface area contributed by atoms with E-state index in [1.165, 1.54) is 0 Å². The summed E-state index contributed by atoms with van der Waals surface area (Å²) in [7, 11) is -16.9. The minimum Gasteiger partial charge on any atom is -0.388 e. The summed E-state index contributed by atoms with van der Waals surface area (Å²) in [5.74, 6) is 0. The highest BCUT2D eigenvalue weighted by atomic mass is 35.5. The van der Waals surface area contributed by atoms with Gasteiger partial charge in [-0.3, -0.25) is 18.9 Å². The molecule has 3 unspecified atom stereocenters. The number of rotatable bonds is 9. The van der Waals surface area contributed by atoms with Crippen molar-refractivity contribution in [1.29, 1.82) is 0 Å². The summed E-state index contributed by atoms with van der Waals surface area (Å²) in [6, 6.07) is 0.867. The van der Waals surface area contributed by atoms with Crippen LogP contribution in [0.25, 0.3) is 0 Å². The van der Waals surface area contributed by atoms with Gasteiger partial charge in [0.2, 0.25) is 0 Å². The normalized spacial score (nSPS) is 30.6. The molecule has 6 atom stereocenters. The van der Waals surface area contributed by atoms with Crippen molar-refractivity contribution in [2.75, 3.05) is 13.3 Å². The number of ether oxygens (including phenoxy) is 1. The van der Waals surface area contributed by atoms with Crippen molar-refractivity contribution < 1.29 is 60.6 Å². The molecule has 0 radical (unpaired) electrons. The molecule has 2 rings (SSSR count). The van der Waals surface area contributed by atoms with Gasteiger partial charge in [-0.25, -0.2) is 22.9 Å². The predicted molar refractivity (Wildman–Crippen MR) is 95.6 cm³/mol. The summed E-state index contributed by atoms with van der Waals surface area (Å²) in [6.45, 7) is -2.63. The number of hydrogen-bond acceptors (Lipinski definition) is 10. The minimum absolute atomic E-state index is 0.627. The molecule has 0 saturated carbocycles. The van der Waals surface area contributed by atoms with Crippen molar-refractivity contribution in [1.82, 2.24) is 9.55 Å². The Kier molecular flexibility index (Phi) is 7.89. The van der Waals surface area contributed by atoms with Crippen molar-refractivity contribution >= 4 is 35.1 Å². The molecule has 21 heteroatoms. The molecule has 16 nitrogen and oxygen atoms in total. The molecular formula is C10H15ClFN2O14P3. The number of nitrogens with one attached hydrogen (secondary N) is 1. The van der Waals surface area contributed by atoms with E-state index in [9.17, 15) is 37.7 Å². The van der Waals surface area contributed by atoms with E-state index < -0.39 is 71.3 Å². The van der Waals surface area contributed by atoms with Crippen molar-refractivity contribution in [2.45, 2.75) is 23.3 Å². The van der Waals surface area contributed by atoms with Gasteiger partial charge in [-0.2, -0.15) is 8.62 Å². The first kappa shape index (κ1) is 26.5. The van der Waals surface area contributed by atoms with E-state index >= 15 is 0 Å². The average Bonchev–Trinajstić information content (AvgIpc) is 2.82. The molecule has 1 aliphatic heterocycles. The van der Waals surface area contributed by atoms with Gasteiger partial charge >= 0.3 is 29.2 Å². The zero-order valence-corrected chi connectivity index (χ0v) is 18.2. The molecule has 1 aromatic rings. The summed E-state index contributed by atoms with van der Waals surface area (Å²) >= 11 is 6.03. The van der Waals surface area contributed by atoms with Gasteiger partial charge in [-0.05, 0) is 0 Å². The second-order valence-corrected chi connectivity index (χ2v) is 11.1. The number of nitrogens with zero attached hydrogens (tertiary/aromatic N) is 1. The van der Waals surface area contributed by atoms with Crippen LogP contribution in [0.15, 0.2) is 21.9 Å². The van der Waals surface area contributed by atoms with E-state index in [1.807, 2.05) is 4.98 Å². The highest BCUT2D eigenvalue weighted by molar-refractivity contribution is 7.66. The summed E-state index contributed by atoms with van der Waals surface area (Å²) in [5, 5.41) is 10.3. The van der Waals surface area contributed by atoms with Crippen LogP contribution in [0.4, 0.5) is 4.39 Å². The molecular weight excluding hydrogens is 519 g/mol. The molecule has 0 bridgehead atoms. The second-order valence-electron chi connectivity index (χ2n) is 5.94. The van der Waals surface area contributed by atoms with Gasteiger partial charge < -0.3 is 29.4 Å². The Morgan fingerprint density at radius 2 is 1.81 bits per heavy atom. The van der Waals surface area contributed by atoms with Gasteiger partial charge in [-0.1, -0.05) is 0 Å². The maximum Gasteiger partial charge on any atom is 0.490 e. The number of alkyl halides is 2. The third-order valence-corrected chi connectivity index (χ3v) is 8.00. The number of H-pyrrole nitrogens is 1. The average molecular weight is 535 g/mol. The Bertz CT molecular complexity index is 1070. The molecule has 0 aliphatic carbocycles. The molecule has 6 N–H and O–H groups in total. The predicted octanol–water partition coefficient (Wildman–Crippen LogP) is -0.915. The van der Waals surface area contributed by atoms with Gasteiger partial charge in [0.05, 0.1) is 6.61 Å². The molecule has 1 fully saturated rings. The molecule has 1 aliphatic rings. The first-order valence-corrected chi connectivity index (χ1v) is 12.6. The summed E-state index contributed by atoms with van der Waals surface area (Å²) < 4.78 is 64.4. The van der Waals surface area contributed by atoms with Crippen molar-refractivity contribution in [2.24, 2.45) is 0 Å². The van der Waals surface area contributed by atoms with Crippen LogP contribution in [0.2, 0.25) is 0 Å². The van der Waals surface area contributed by atoms with Crippen LogP contribution in [-0.4, -0.2) is 64.6 Å². The number of phosphoric acid groups is 3. The molecule has 178 valence electrons. The highest BCUT2D eigenvalue weighted by Crippen LogP contribution is 2.66. The lowest BCUT2D eigenvalue weighted by molar-refractivity contribution is -0.0467. The monoisotopic (exact) mass is 534 g/mol. The molecule has 0 amide bonds. The number of hydrogen-bond donors (Lipinski definition) is 6. The van der Waals surface area contributed by atoms with Gasteiger partial charge in [-0.15, -0.1) is 11.6 Å². The molecule has 31 heavy (non-hydrogen) atoms. The Hall–Kier alpha value is -0.770. The second kappa shape index (κ2) is 9.23. The lowest BCUT2D eigenvalue weighted by Gasteiger charge is -2.27. The molecule has 0 aromatic carbocycles. The van der Waals surface area contributed by atoms with E-state index in [0.717, 1.165) is 12.3 Å². The number of aromatic nitrogens is 2. The maximum absolute atomic E-state index is 13.6. The molecule has 2 heterocycles. The van der Waals surface area contributed by atoms with E-state index in [2.05, 4.69) is 13.1 Å². The summed E-state index contributed by atoms with van der Waals surface area (Å²) in [5.41, 5.74) is -1.89. The largest absolute Gasteiger partial charge is 0.490 e. The first-order valence-electron chi connectivity index (χ1n) is 7.68. The fraction of sp³-hybridized carbons (Fsp3) is 0.600. The van der Waals surface area contributed by atoms with E-state index in [0.29, 0.717) is 4.57 Å². The van der Waals surface area contributed by atoms with E-state index in [4.69, 9.17) is 31.0 Å². The zero-order valence-electron chi connectivity index (χ0n) is 14.8. The number of aliphatic hydroxyl groups excluding tert-OH is 1. The number of aromatic amines is 1. The fourth-order valence-electron chi connectivity index (χ4n) is 2.46. The number of phosphoric ester groups is 1. The minimum atomic E-state index is -5.78. The molecule has 1 aromatic heterocycles. The van der Waals surface area contributed by atoms with Crippen LogP contribution in [0.3, 0.4) is 0 Å². The third kappa shape index (κ3) is 6.62. The van der Waals surface area contributed by atoms with Gasteiger partial charge in [0, 0.05) is 12.3 Å². The van der Waals surface area contributed by atoms with Crippen LogP contribution in [0, 0.1) is 0 Å². The van der Waals surface area contributed by atoms with Gasteiger partial charge in [0.15, 0.2) is 6.23 Å². The first-order chi connectivity index (χ1) is 14.0. The van der Waals surface area contributed by atoms with Crippen molar-refractivity contribution in [3.63, 3.8) is 0 Å². The topological polar surface area (TPSA) is 244 Å². The lowest BCUT2D eigenvalue weighted by atomic mass is 10.00. The highest BCUT2D eigenvalue weighted by Gasteiger charge is 2.57. The van der Waals surface area contributed by atoms with Gasteiger partial charge in [0.1, 0.15) is 23.8 Å². The van der Waals surface area contributed by atoms with Crippen LogP contribution in [0.5, 0.6) is 0 Å². The van der Waals surface area contributed by atoms with Gasteiger partial charge in [0.25, 0.3) is 5.56 Å². The van der Waals surface area contributed by atoms with E-state index in [1.54, 1.807) is 0 Å². The summed E-state index contributed by atoms with van der Waals surface area (Å²) in [6.07, 6.45) is -4.57. The van der Waals surface area contributed by atoms with Crippen LogP contribution in [-0.2, 0) is 31.6 Å². The maximum atomic E-state index is 13.6.